The van der Waals surface area contributed by atoms with Crippen LogP contribution in [0.1, 0.15) is 5.56 Å². The molecule has 0 aliphatic heterocycles. The predicted octanol–water partition coefficient (Wildman–Crippen LogP) is 2.57. The fraction of sp³-hybridized carbons (Fsp3) is 0. The second kappa shape index (κ2) is 3.85. The summed E-state index contributed by atoms with van der Waals surface area (Å²) in [4.78, 5) is 3.28. The van der Waals surface area contributed by atoms with E-state index in [2.05, 4.69) is 17.2 Å². The lowest BCUT2D eigenvalue weighted by molar-refractivity contribution is 0.599. The number of aliphatic imine (C=N–C) groups is 1. The van der Waals surface area contributed by atoms with Crippen LogP contribution in [0.3, 0.4) is 0 Å². The van der Waals surface area contributed by atoms with Crippen molar-refractivity contribution in [2.45, 2.75) is 0 Å². The first-order valence-electron chi connectivity index (χ1n) is 3.16. The zero-order chi connectivity index (χ0) is 9.84. The topological polar surface area (TPSA) is 36.1 Å². The Morgan fingerprint density at radius 2 is 2.00 bits per heavy atom. The number of halogens is 2. The molecule has 0 atom stereocenters. The van der Waals surface area contributed by atoms with Crippen LogP contribution in [0.15, 0.2) is 17.1 Å². The summed E-state index contributed by atoms with van der Waals surface area (Å²) in [6, 6.07) is 3.07. The Labute approximate surface area is 78.1 Å². The van der Waals surface area contributed by atoms with E-state index in [1.54, 1.807) is 0 Å². The number of thiocarbonyl (C=S) groups is 1. The summed E-state index contributed by atoms with van der Waals surface area (Å²) in [6.45, 7) is 0. The Hall–Kier alpha value is -1.63. The molecule has 0 saturated heterocycles. The number of hydrogen-bond donors (Lipinski definition) is 0. The average Bonchev–Trinajstić information content (AvgIpc) is 2.11. The van der Waals surface area contributed by atoms with Gasteiger partial charge in [-0.15, -0.1) is 0 Å². The molecule has 0 bridgehead atoms. The van der Waals surface area contributed by atoms with Gasteiger partial charge in [0.15, 0.2) is 5.82 Å². The Balaban J connectivity index is 3.38. The summed E-state index contributed by atoms with van der Waals surface area (Å²) < 4.78 is 25.7. The van der Waals surface area contributed by atoms with E-state index in [0.717, 1.165) is 12.1 Å². The molecule has 13 heavy (non-hydrogen) atoms. The fourth-order valence-electron chi connectivity index (χ4n) is 0.757. The van der Waals surface area contributed by atoms with Crippen LogP contribution in [0.4, 0.5) is 14.5 Å². The summed E-state index contributed by atoms with van der Waals surface area (Å²) in [7, 11) is 0. The maximum Gasteiger partial charge on any atom is 0.151 e. The van der Waals surface area contributed by atoms with Gasteiger partial charge in [0.05, 0.1) is 10.7 Å². The average molecular weight is 196 g/mol. The highest BCUT2D eigenvalue weighted by Crippen LogP contribution is 2.20. The maximum atomic E-state index is 12.9. The standard InChI is InChI=1S/C8H2F2N2S/c9-6-2-8(12-4-13)7(10)1-5(6)3-11/h1-2H. The number of nitrogens with zero attached hydrogens (tertiary/aromatic N) is 2. The summed E-state index contributed by atoms with van der Waals surface area (Å²) in [5.41, 5.74) is -0.618. The Bertz CT molecular complexity index is 431. The van der Waals surface area contributed by atoms with Crippen molar-refractivity contribution in [2.24, 2.45) is 4.99 Å². The summed E-state index contributed by atoms with van der Waals surface area (Å²) in [5, 5.41) is 10.2. The SMILES string of the molecule is N#Cc1cc(F)c(N=C=S)cc1F. The summed E-state index contributed by atoms with van der Waals surface area (Å²) in [5.74, 6) is -1.62. The van der Waals surface area contributed by atoms with E-state index < -0.39 is 11.6 Å². The van der Waals surface area contributed by atoms with Crippen molar-refractivity contribution in [1.82, 2.24) is 0 Å². The molecule has 0 radical (unpaired) electrons. The molecule has 64 valence electrons. The van der Waals surface area contributed by atoms with E-state index >= 15 is 0 Å². The molecule has 0 fully saturated rings. The van der Waals surface area contributed by atoms with Gasteiger partial charge in [-0.1, -0.05) is 0 Å². The van der Waals surface area contributed by atoms with E-state index in [4.69, 9.17) is 5.26 Å². The van der Waals surface area contributed by atoms with Crippen LogP contribution in [0.2, 0.25) is 0 Å². The number of nitriles is 1. The monoisotopic (exact) mass is 196 g/mol. The third-order valence-electron chi connectivity index (χ3n) is 1.32. The van der Waals surface area contributed by atoms with Crippen LogP contribution in [-0.4, -0.2) is 5.16 Å². The molecule has 0 unspecified atom stereocenters. The minimum Gasteiger partial charge on any atom is -0.205 e. The molecular weight excluding hydrogens is 194 g/mol. The van der Waals surface area contributed by atoms with Gasteiger partial charge in [-0.3, -0.25) is 0 Å². The number of benzene rings is 1. The highest BCUT2D eigenvalue weighted by atomic mass is 32.1. The molecular formula is C8H2F2N2S. The first-order chi connectivity index (χ1) is 6.19. The second-order valence-corrected chi connectivity index (χ2v) is 2.28. The minimum absolute atomic E-state index is 0.258. The van der Waals surface area contributed by atoms with Gasteiger partial charge < -0.3 is 0 Å². The van der Waals surface area contributed by atoms with Crippen LogP contribution in [-0.2, 0) is 0 Å². The quantitative estimate of drug-likeness (QED) is 0.511. The lowest BCUT2D eigenvalue weighted by Crippen LogP contribution is -1.86. The zero-order valence-electron chi connectivity index (χ0n) is 6.21. The van der Waals surface area contributed by atoms with Crippen molar-refractivity contribution >= 4 is 23.1 Å². The van der Waals surface area contributed by atoms with Gasteiger partial charge in [0, 0.05) is 6.07 Å². The van der Waals surface area contributed by atoms with E-state index in [1.807, 2.05) is 5.16 Å². The largest absolute Gasteiger partial charge is 0.205 e. The van der Waals surface area contributed by atoms with Gasteiger partial charge in [0.25, 0.3) is 0 Å². The van der Waals surface area contributed by atoms with Crippen LogP contribution in [0, 0.1) is 23.0 Å². The lowest BCUT2D eigenvalue weighted by Gasteiger charge is -1.96. The Kier molecular flexibility index (Phi) is 2.80. The lowest BCUT2D eigenvalue weighted by atomic mass is 10.2. The minimum atomic E-state index is -0.826. The van der Waals surface area contributed by atoms with Crippen LogP contribution >= 0.6 is 12.2 Å². The molecule has 0 heterocycles. The third-order valence-corrected chi connectivity index (χ3v) is 1.41. The van der Waals surface area contributed by atoms with E-state index in [1.165, 1.54) is 6.07 Å². The van der Waals surface area contributed by atoms with Gasteiger partial charge in [-0.05, 0) is 18.3 Å². The van der Waals surface area contributed by atoms with Crippen molar-refractivity contribution in [2.75, 3.05) is 0 Å². The first kappa shape index (κ1) is 9.46. The molecule has 5 heteroatoms. The Morgan fingerprint density at radius 3 is 2.54 bits per heavy atom. The Morgan fingerprint density at radius 1 is 1.31 bits per heavy atom. The van der Waals surface area contributed by atoms with Crippen molar-refractivity contribution in [3.63, 3.8) is 0 Å². The molecule has 0 aromatic heterocycles. The van der Waals surface area contributed by atoms with Crippen LogP contribution in [0.5, 0.6) is 0 Å². The van der Waals surface area contributed by atoms with Crippen LogP contribution in [0.25, 0.3) is 0 Å². The van der Waals surface area contributed by atoms with Crippen molar-refractivity contribution < 1.29 is 8.78 Å². The van der Waals surface area contributed by atoms with Crippen LogP contribution < -0.4 is 0 Å². The molecule has 0 aliphatic rings. The van der Waals surface area contributed by atoms with E-state index in [0.29, 0.717) is 0 Å². The van der Waals surface area contributed by atoms with Gasteiger partial charge in [-0.25, -0.2) is 8.78 Å². The van der Waals surface area contributed by atoms with E-state index in [9.17, 15) is 8.78 Å². The maximum absolute atomic E-state index is 12.9. The molecule has 0 aliphatic carbocycles. The highest BCUT2D eigenvalue weighted by molar-refractivity contribution is 7.78. The molecule has 1 aromatic carbocycles. The molecule has 2 nitrogen and oxygen atoms in total. The first-order valence-corrected chi connectivity index (χ1v) is 3.57. The summed E-state index contributed by atoms with van der Waals surface area (Å²) in [6.07, 6.45) is 0. The smallest absolute Gasteiger partial charge is 0.151 e. The molecule has 0 saturated carbocycles. The van der Waals surface area contributed by atoms with Gasteiger partial charge >= 0.3 is 0 Å². The molecule has 0 N–H and O–H groups in total. The molecule has 0 amide bonds. The highest BCUT2D eigenvalue weighted by Gasteiger charge is 2.08. The van der Waals surface area contributed by atoms with Gasteiger partial charge in [0.1, 0.15) is 17.6 Å². The van der Waals surface area contributed by atoms with Crippen molar-refractivity contribution in [3.05, 3.63) is 29.3 Å². The zero-order valence-corrected chi connectivity index (χ0v) is 7.03. The van der Waals surface area contributed by atoms with Crippen molar-refractivity contribution in [1.29, 1.82) is 5.26 Å². The molecule has 0 spiro atoms. The second-order valence-electron chi connectivity index (χ2n) is 2.10. The number of isothiocyanates is 1. The third kappa shape index (κ3) is 1.94. The van der Waals surface area contributed by atoms with E-state index in [-0.39, 0.29) is 11.3 Å². The number of hydrogen-bond acceptors (Lipinski definition) is 3. The van der Waals surface area contributed by atoms with Gasteiger partial charge in [-0.2, -0.15) is 10.3 Å². The predicted molar refractivity (Wildman–Crippen MR) is 45.8 cm³/mol. The number of rotatable bonds is 1. The molecule has 1 aromatic rings. The van der Waals surface area contributed by atoms with Gasteiger partial charge in [0.2, 0.25) is 0 Å². The molecule has 1 rings (SSSR count). The normalized spacial score (nSPS) is 8.69. The summed E-state index contributed by atoms with van der Waals surface area (Å²) >= 11 is 4.23. The van der Waals surface area contributed by atoms with Crippen molar-refractivity contribution in [3.8, 4) is 6.07 Å². The fourth-order valence-corrected chi connectivity index (χ4v) is 0.855.